The molecule has 0 aromatic carbocycles. The molecule has 2 atom stereocenters. The highest BCUT2D eigenvalue weighted by atomic mass is 16.6. The summed E-state index contributed by atoms with van der Waals surface area (Å²) in [5, 5.41) is 3.32. The van der Waals surface area contributed by atoms with E-state index in [-0.39, 0.29) is 0 Å². The van der Waals surface area contributed by atoms with Crippen molar-refractivity contribution >= 4 is 0 Å². The van der Waals surface area contributed by atoms with Crippen molar-refractivity contribution < 1.29 is 23.7 Å². The minimum absolute atomic E-state index is 0.365. The third kappa shape index (κ3) is 22.0. The highest BCUT2D eigenvalue weighted by Crippen LogP contribution is 2.15. The molecule has 5 heterocycles. The van der Waals surface area contributed by atoms with Crippen LogP contribution in [0.1, 0.15) is 92.4 Å². The molecule has 2 unspecified atom stereocenters. The zero-order chi connectivity index (χ0) is 28.4. The van der Waals surface area contributed by atoms with Gasteiger partial charge in [-0.1, -0.05) is 41.0 Å². The third-order valence-corrected chi connectivity index (χ3v) is 7.95. The van der Waals surface area contributed by atoms with Crippen molar-refractivity contribution in [2.75, 3.05) is 92.2 Å². The number of piperidine rings is 1. The minimum atomic E-state index is 0.365. The number of hydrogen-bond donors (Lipinski definition) is 1. The molecular weight excluding hydrogens is 492 g/mol. The van der Waals surface area contributed by atoms with Gasteiger partial charge in [-0.15, -0.1) is 0 Å². The molecule has 0 spiro atoms. The Bertz CT molecular complexity index is 446. The second-order valence-corrected chi connectivity index (χ2v) is 11.6. The van der Waals surface area contributed by atoms with Gasteiger partial charge in [0.2, 0.25) is 0 Å². The first-order valence-corrected chi connectivity index (χ1v) is 16.4. The number of nitrogens with zero attached hydrogens (tertiary/aromatic N) is 1. The monoisotopic (exact) mass is 558 g/mol. The van der Waals surface area contributed by atoms with E-state index >= 15 is 0 Å². The van der Waals surface area contributed by atoms with Gasteiger partial charge in [0.1, 0.15) is 0 Å². The van der Waals surface area contributed by atoms with Gasteiger partial charge in [-0.2, -0.15) is 0 Å². The number of hydrogen-bond acceptors (Lipinski definition) is 7. The molecule has 5 rings (SSSR count). The molecule has 0 saturated carbocycles. The van der Waals surface area contributed by atoms with Crippen LogP contribution in [0.15, 0.2) is 0 Å². The number of morpholine rings is 1. The predicted octanol–water partition coefficient (Wildman–Crippen LogP) is 5.80. The molecule has 0 amide bonds. The number of rotatable bonds is 4. The van der Waals surface area contributed by atoms with E-state index in [1.807, 2.05) is 0 Å². The summed E-state index contributed by atoms with van der Waals surface area (Å²) in [7, 11) is 0. The number of ether oxygens (including phenoxy) is 5. The minimum Gasteiger partial charge on any atom is -0.381 e. The molecule has 1 N–H and O–H groups in total. The van der Waals surface area contributed by atoms with Crippen LogP contribution in [0.2, 0.25) is 0 Å². The summed E-state index contributed by atoms with van der Waals surface area (Å²) in [6.07, 6.45) is 11.9. The fraction of sp³-hybridized carbons (Fsp3) is 1.00. The van der Waals surface area contributed by atoms with Gasteiger partial charge < -0.3 is 29.0 Å². The molecule has 0 bridgehead atoms. The summed E-state index contributed by atoms with van der Waals surface area (Å²) < 4.78 is 26.1. The maximum Gasteiger partial charge on any atom is 0.0807 e. The first-order chi connectivity index (χ1) is 19.1. The van der Waals surface area contributed by atoms with E-state index in [1.165, 1.54) is 71.0 Å². The normalized spacial score (nSPS) is 26.7. The third-order valence-electron chi connectivity index (χ3n) is 7.95. The fourth-order valence-electron chi connectivity index (χ4n) is 4.82. The Morgan fingerprint density at radius 3 is 1.67 bits per heavy atom. The summed E-state index contributed by atoms with van der Waals surface area (Å²) in [6.45, 7) is 25.3. The zero-order valence-electron chi connectivity index (χ0n) is 26.6. The van der Waals surface area contributed by atoms with Crippen LogP contribution >= 0.6 is 0 Å². The Morgan fingerprint density at radius 1 is 0.641 bits per heavy atom. The largest absolute Gasteiger partial charge is 0.381 e. The summed E-state index contributed by atoms with van der Waals surface area (Å²) in [6, 6.07) is 0. The van der Waals surface area contributed by atoms with Crippen LogP contribution in [0.5, 0.6) is 0 Å². The topological polar surface area (TPSA) is 61.4 Å². The SMILES string of the molecule is CC1CCNCC1.CC1CCOCC1.CCC1CCCOC1.CCC1COCCO1.CCCN1CCOCC1. The lowest BCUT2D eigenvalue weighted by molar-refractivity contribution is -0.0887. The molecule has 5 aliphatic heterocycles. The molecule has 0 aromatic heterocycles. The van der Waals surface area contributed by atoms with Crippen molar-refractivity contribution in [3.05, 3.63) is 0 Å². The van der Waals surface area contributed by atoms with Crippen molar-refractivity contribution in [2.24, 2.45) is 17.8 Å². The van der Waals surface area contributed by atoms with E-state index in [4.69, 9.17) is 23.7 Å². The lowest BCUT2D eigenvalue weighted by Gasteiger charge is -2.25. The van der Waals surface area contributed by atoms with Crippen molar-refractivity contribution in [3.63, 3.8) is 0 Å². The Labute approximate surface area is 242 Å². The van der Waals surface area contributed by atoms with Crippen molar-refractivity contribution in [3.8, 4) is 0 Å². The lowest BCUT2D eigenvalue weighted by Crippen LogP contribution is -2.36. The van der Waals surface area contributed by atoms with E-state index in [0.717, 1.165) is 96.7 Å². The summed E-state index contributed by atoms with van der Waals surface area (Å²) in [5.41, 5.74) is 0. The number of nitrogens with one attached hydrogen (secondary N) is 1. The fourth-order valence-corrected chi connectivity index (χ4v) is 4.82. The van der Waals surface area contributed by atoms with Gasteiger partial charge in [0.15, 0.2) is 0 Å². The van der Waals surface area contributed by atoms with Gasteiger partial charge >= 0.3 is 0 Å². The Balaban J connectivity index is 0.000000244. The summed E-state index contributed by atoms with van der Waals surface area (Å²) >= 11 is 0. The summed E-state index contributed by atoms with van der Waals surface area (Å²) in [5.74, 6) is 2.75. The van der Waals surface area contributed by atoms with E-state index in [2.05, 4.69) is 44.8 Å². The van der Waals surface area contributed by atoms with Crippen molar-refractivity contribution in [1.82, 2.24) is 10.2 Å². The maximum absolute atomic E-state index is 5.30. The Hall–Kier alpha value is -0.280. The first kappa shape index (κ1) is 36.7. The predicted molar refractivity (Wildman–Crippen MR) is 163 cm³/mol. The van der Waals surface area contributed by atoms with E-state index in [9.17, 15) is 0 Å². The highest BCUT2D eigenvalue weighted by molar-refractivity contribution is 4.63. The van der Waals surface area contributed by atoms with E-state index in [1.54, 1.807) is 0 Å². The summed E-state index contributed by atoms with van der Waals surface area (Å²) in [4.78, 5) is 2.45. The van der Waals surface area contributed by atoms with Crippen molar-refractivity contribution in [1.29, 1.82) is 0 Å². The molecule has 7 heteroatoms. The van der Waals surface area contributed by atoms with Crippen LogP contribution in [-0.2, 0) is 23.7 Å². The standard InChI is InChI=1S/C7H15NO.C7H14O.C6H13N.C6H12O2.C6H12O/c1-2-3-8-4-6-9-7-5-8;1-2-7-4-3-5-8-6-7;1-6-2-4-7-5-3-6;1-2-6-5-7-3-4-8-6;1-6-2-4-7-5-3-6/h2-7H2,1H3;7H,2-6H2,1H3;6-7H,2-5H2,1H3;6H,2-5H2,1H3;6H,2-5H2,1H3. The first-order valence-electron chi connectivity index (χ1n) is 16.4. The molecule has 5 fully saturated rings. The van der Waals surface area contributed by atoms with Crippen LogP contribution < -0.4 is 5.32 Å². The van der Waals surface area contributed by atoms with Gasteiger partial charge in [0.05, 0.1) is 39.1 Å². The van der Waals surface area contributed by atoms with Gasteiger partial charge in [-0.05, 0) is 88.8 Å². The average Bonchev–Trinajstić information content (AvgIpc) is 3.01. The van der Waals surface area contributed by atoms with E-state index < -0.39 is 0 Å². The molecule has 0 aromatic rings. The zero-order valence-corrected chi connectivity index (χ0v) is 26.6. The van der Waals surface area contributed by atoms with Crippen molar-refractivity contribution in [2.45, 2.75) is 98.5 Å². The molecule has 0 radical (unpaired) electrons. The molecule has 5 saturated heterocycles. The van der Waals surface area contributed by atoms with Gasteiger partial charge in [-0.3, -0.25) is 4.90 Å². The van der Waals surface area contributed by atoms with E-state index in [0.29, 0.717) is 6.10 Å². The Morgan fingerprint density at radius 2 is 1.28 bits per heavy atom. The average molecular weight is 559 g/mol. The molecule has 39 heavy (non-hydrogen) atoms. The van der Waals surface area contributed by atoms with Crippen LogP contribution in [-0.4, -0.2) is 103 Å². The Kier molecular flexibility index (Phi) is 25.1. The second kappa shape index (κ2) is 26.6. The molecule has 5 aliphatic rings. The van der Waals surface area contributed by atoms with Crippen LogP contribution in [0, 0.1) is 17.8 Å². The second-order valence-electron chi connectivity index (χ2n) is 11.6. The van der Waals surface area contributed by atoms with Crippen LogP contribution in [0.25, 0.3) is 0 Å². The van der Waals surface area contributed by atoms with Gasteiger partial charge in [0, 0.05) is 39.5 Å². The smallest absolute Gasteiger partial charge is 0.0807 e. The van der Waals surface area contributed by atoms with Gasteiger partial charge in [0.25, 0.3) is 0 Å². The van der Waals surface area contributed by atoms with Gasteiger partial charge in [-0.25, -0.2) is 0 Å². The quantitative estimate of drug-likeness (QED) is 0.468. The molecule has 7 nitrogen and oxygen atoms in total. The van der Waals surface area contributed by atoms with Crippen LogP contribution in [0.4, 0.5) is 0 Å². The lowest BCUT2D eigenvalue weighted by atomic mass is 10.0. The molecule has 234 valence electrons. The molecular formula is C32H66N2O5. The highest BCUT2D eigenvalue weighted by Gasteiger charge is 2.11. The van der Waals surface area contributed by atoms with Crippen LogP contribution in [0.3, 0.4) is 0 Å². The molecule has 0 aliphatic carbocycles. The maximum atomic E-state index is 5.30.